The van der Waals surface area contributed by atoms with Crippen molar-refractivity contribution >= 4 is 17.2 Å². The molecule has 28 heavy (non-hydrogen) atoms. The summed E-state index contributed by atoms with van der Waals surface area (Å²) < 4.78 is 7.93. The molecule has 0 aliphatic carbocycles. The summed E-state index contributed by atoms with van der Waals surface area (Å²) in [6.45, 7) is 6.14. The molecule has 2 heterocycles. The van der Waals surface area contributed by atoms with Gasteiger partial charge in [-0.25, -0.2) is 4.98 Å². The van der Waals surface area contributed by atoms with E-state index in [1.807, 2.05) is 38.1 Å². The lowest BCUT2D eigenvalue weighted by Gasteiger charge is -2.15. The third kappa shape index (κ3) is 3.38. The van der Waals surface area contributed by atoms with Crippen LogP contribution in [-0.4, -0.2) is 14.6 Å². The summed E-state index contributed by atoms with van der Waals surface area (Å²) in [5.41, 5.74) is 5.45. The molecule has 0 fully saturated rings. The second-order valence-corrected chi connectivity index (χ2v) is 6.72. The summed E-state index contributed by atoms with van der Waals surface area (Å²) in [4.78, 5) is 4.58. The van der Waals surface area contributed by atoms with Crippen molar-refractivity contribution in [1.82, 2.24) is 14.6 Å². The number of anilines is 2. The van der Waals surface area contributed by atoms with E-state index in [0.717, 1.165) is 22.6 Å². The Bertz CT molecular complexity index is 1180. The minimum atomic E-state index is 0.571. The number of aryl methyl sites for hydroxylation is 3. The highest BCUT2D eigenvalue weighted by Gasteiger charge is 2.12. The number of hydrogen-bond acceptors (Lipinski definition) is 5. The van der Waals surface area contributed by atoms with E-state index in [9.17, 15) is 0 Å². The van der Waals surface area contributed by atoms with E-state index >= 15 is 0 Å². The standard InChI is InChI=1S/C22H19N5O/c1-14-10-15(2)22(16(3)11-14)28-21-12-19(26-20-8-9-24-27(20)21)25-18-6-4-17(13-23)5-7-18/h4-12H,1-3H3,(H,25,26). The van der Waals surface area contributed by atoms with Gasteiger partial charge < -0.3 is 10.1 Å². The zero-order chi connectivity index (χ0) is 19.7. The fourth-order valence-corrected chi connectivity index (χ4v) is 3.23. The van der Waals surface area contributed by atoms with Crippen LogP contribution in [0.4, 0.5) is 11.5 Å². The van der Waals surface area contributed by atoms with Crippen molar-refractivity contribution in [3.63, 3.8) is 0 Å². The molecular weight excluding hydrogens is 350 g/mol. The van der Waals surface area contributed by atoms with E-state index in [1.165, 1.54) is 5.56 Å². The van der Waals surface area contributed by atoms with Crippen molar-refractivity contribution in [1.29, 1.82) is 5.26 Å². The van der Waals surface area contributed by atoms with Crippen LogP contribution < -0.4 is 10.1 Å². The second-order valence-electron chi connectivity index (χ2n) is 6.72. The third-order valence-electron chi connectivity index (χ3n) is 4.42. The van der Waals surface area contributed by atoms with Gasteiger partial charge >= 0.3 is 0 Å². The molecule has 2 aromatic carbocycles. The number of nitrogens with one attached hydrogen (secondary N) is 1. The van der Waals surface area contributed by atoms with Crippen LogP contribution in [0.1, 0.15) is 22.3 Å². The first-order valence-corrected chi connectivity index (χ1v) is 8.91. The normalized spacial score (nSPS) is 10.6. The van der Waals surface area contributed by atoms with Gasteiger partial charge in [-0.15, -0.1) is 0 Å². The summed E-state index contributed by atoms with van der Waals surface area (Å²) in [5, 5.41) is 16.5. The number of ether oxygens (including phenoxy) is 1. The zero-order valence-electron chi connectivity index (χ0n) is 15.9. The highest BCUT2D eigenvalue weighted by atomic mass is 16.5. The topological polar surface area (TPSA) is 75.2 Å². The van der Waals surface area contributed by atoms with E-state index in [1.54, 1.807) is 22.8 Å². The van der Waals surface area contributed by atoms with Gasteiger partial charge in [0.15, 0.2) is 5.65 Å². The van der Waals surface area contributed by atoms with Crippen LogP contribution in [0.25, 0.3) is 5.65 Å². The molecule has 0 radical (unpaired) electrons. The smallest absolute Gasteiger partial charge is 0.226 e. The lowest BCUT2D eigenvalue weighted by molar-refractivity contribution is 0.440. The number of aromatic nitrogens is 3. The van der Waals surface area contributed by atoms with Gasteiger partial charge in [0, 0.05) is 17.8 Å². The van der Waals surface area contributed by atoms with Crippen LogP contribution in [0, 0.1) is 32.1 Å². The van der Waals surface area contributed by atoms with Crippen molar-refractivity contribution in [2.75, 3.05) is 5.32 Å². The molecule has 0 amide bonds. The summed E-state index contributed by atoms with van der Waals surface area (Å²) in [5.74, 6) is 2.02. The van der Waals surface area contributed by atoms with E-state index in [4.69, 9.17) is 10.00 Å². The third-order valence-corrected chi connectivity index (χ3v) is 4.42. The van der Waals surface area contributed by atoms with Gasteiger partial charge in [0.05, 0.1) is 17.8 Å². The summed E-state index contributed by atoms with van der Waals surface area (Å²) >= 11 is 0. The van der Waals surface area contributed by atoms with E-state index in [0.29, 0.717) is 22.9 Å². The number of benzene rings is 2. The molecule has 0 atom stereocenters. The lowest BCUT2D eigenvalue weighted by atomic mass is 10.1. The molecule has 2 aromatic heterocycles. The Morgan fingerprint density at radius 3 is 2.39 bits per heavy atom. The molecule has 6 heteroatoms. The molecule has 0 bridgehead atoms. The summed E-state index contributed by atoms with van der Waals surface area (Å²) in [6.07, 6.45) is 1.69. The number of fused-ring (bicyclic) bond motifs is 1. The Morgan fingerprint density at radius 2 is 1.71 bits per heavy atom. The number of nitrogens with zero attached hydrogens (tertiary/aromatic N) is 4. The SMILES string of the molecule is Cc1cc(C)c(Oc2cc(Nc3ccc(C#N)cc3)nc3ccnn23)c(C)c1. The maximum absolute atomic E-state index is 8.94. The van der Waals surface area contributed by atoms with Gasteiger partial charge in [0.1, 0.15) is 11.6 Å². The van der Waals surface area contributed by atoms with Crippen LogP contribution in [0.3, 0.4) is 0 Å². The molecule has 4 aromatic rings. The van der Waals surface area contributed by atoms with Gasteiger partial charge in [-0.3, -0.25) is 0 Å². The van der Waals surface area contributed by atoms with E-state index in [2.05, 4.69) is 40.5 Å². The first-order valence-electron chi connectivity index (χ1n) is 8.91. The Balaban J connectivity index is 1.72. The average molecular weight is 369 g/mol. The van der Waals surface area contributed by atoms with Crippen LogP contribution in [0.2, 0.25) is 0 Å². The molecule has 0 unspecified atom stereocenters. The van der Waals surface area contributed by atoms with Crippen LogP contribution in [0.15, 0.2) is 54.7 Å². The summed E-state index contributed by atoms with van der Waals surface area (Å²) in [6, 6.07) is 17.2. The highest BCUT2D eigenvalue weighted by Crippen LogP contribution is 2.31. The first kappa shape index (κ1) is 17.6. The molecule has 0 saturated carbocycles. The van der Waals surface area contributed by atoms with Crippen molar-refractivity contribution < 1.29 is 4.74 Å². The van der Waals surface area contributed by atoms with Crippen molar-refractivity contribution in [3.8, 4) is 17.7 Å². The number of hydrogen-bond donors (Lipinski definition) is 1. The average Bonchev–Trinajstić information content (AvgIpc) is 3.14. The predicted molar refractivity (Wildman–Crippen MR) is 108 cm³/mol. The fourth-order valence-electron chi connectivity index (χ4n) is 3.23. The minimum Gasteiger partial charge on any atom is -0.438 e. The van der Waals surface area contributed by atoms with E-state index < -0.39 is 0 Å². The van der Waals surface area contributed by atoms with Crippen molar-refractivity contribution in [2.24, 2.45) is 0 Å². The Morgan fingerprint density at radius 1 is 1.00 bits per heavy atom. The maximum Gasteiger partial charge on any atom is 0.226 e. The van der Waals surface area contributed by atoms with Crippen molar-refractivity contribution in [3.05, 3.63) is 77.0 Å². The van der Waals surface area contributed by atoms with E-state index in [-0.39, 0.29) is 0 Å². The lowest BCUT2D eigenvalue weighted by Crippen LogP contribution is -2.02. The molecule has 0 spiro atoms. The Labute approximate surface area is 163 Å². The molecule has 138 valence electrons. The molecule has 0 saturated heterocycles. The van der Waals surface area contributed by atoms with Crippen molar-refractivity contribution in [2.45, 2.75) is 20.8 Å². The van der Waals surface area contributed by atoms with Crippen LogP contribution in [0.5, 0.6) is 11.6 Å². The van der Waals surface area contributed by atoms with Gasteiger partial charge in [0.25, 0.3) is 0 Å². The first-order chi connectivity index (χ1) is 13.5. The van der Waals surface area contributed by atoms with Gasteiger partial charge in [-0.2, -0.15) is 14.9 Å². The molecule has 0 aliphatic rings. The molecule has 1 N–H and O–H groups in total. The fraction of sp³-hybridized carbons (Fsp3) is 0.136. The van der Waals surface area contributed by atoms with Gasteiger partial charge in [0.2, 0.25) is 5.88 Å². The Hall–Kier alpha value is -3.85. The van der Waals surface area contributed by atoms with Crippen LogP contribution >= 0.6 is 0 Å². The number of rotatable bonds is 4. The predicted octanol–water partition coefficient (Wildman–Crippen LogP) is 5.06. The zero-order valence-corrected chi connectivity index (χ0v) is 15.9. The molecule has 6 nitrogen and oxygen atoms in total. The Kier molecular flexibility index (Phi) is 4.42. The monoisotopic (exact) mass is 369 g/mol. The molecule has 0 aliphatic heterocycles. The maximum atomic E-state index is 8.94. The largest absolute Gasteiger partial charge is 0.438 e. The van der Waals surface area contributed by atoms with Gasteiger partial charge in [-0.1, -0.05) is 17.7 Å². The van der Waals surface area contributed by atoms with Gasteiger partial charge in [-0.05, 0) is 56.2 Å². The summed E-state index contributed by atoms with van der Waals surface area (Å²) in [7, 11) is 0. The quantitative estimate of drug-likeness (QED) is 0.544. The molecule has 4 rings (SSSR count). The van der Waals surface area contributed by atoms with Crippen LogP contribution in [-0.2, 0) is 0 Å². The molecular formula is C22H19N5O. The number of nitriles is 1. The highest BCUT2D eigenvalue weighted by molar-refractivity contribution is 5.61. The second kappa shape index (κ2) is 7.05. The minimum absolute atomic E-state index is 0.571.